The van der Waals surface area contributed by atoms with Gasteiger partial charge in [0.2, 0.25) is 0 Å². The van der Waals surface area contributed by atoms with Crippen LogP contribution in [-0.2, 0) is 31.9 Å². The fourth-order valence-electron chi connectivity index (χ4n) is 9.46. The number of nitrogens with zero attached hydrogens (tertiary/aromatic N) is 3. The van der Waals surface area contributed by atoms with E-state index in [-0.39, 0.29) is 37.6 Å². The standard InChI is InChI=1S/C62H58N3O.Pt/c1-61(2,3)50-36-48(35-49(37-50)56-38-47(33-34-63-56)42-19-12-8-13-20-42)53-23-16-24-57-58(53)64-60(55-40-51(62(4,5)6)39-54(59(55)66)46-21-14-9-15-22-46)65(57)52-31-29-45(30-32-52)44-27-25-43(26-28-44)41-17-10-7-11-18-41;/h7-24,29-34,36-40,43-44,66H,25-28H2,1-6H3;/q-1;/i43D,44D;. The number of benzene rings is 7. The predicted molar refractivity (Wildman–Crippen MR) is 274 cm³/mol. The number of phenolic OH excluding ortho intramolecular Hbond substituents is 1. The van der Waals surface area contributed by atoms with Crippen LogP contribution in [0, 0.1) is 6.07 Å². The van der Waals surface area contributed by atoms with Crippen molar-refractivity contribution < 1.29 is 28.9 Å². The molecule has 10 rings (SSSR count). The van der Waals surface area contributed by atoms with Crippen LogP contribution in [0.1, 0.15) is 104 Å². The van der Waals surface area contributed by atoms with Gasteiger partial charge in [0.05, 0.1) is 16.6 Å². The monoisotopic (exact) mass is 1060 g/mol. The van der Waals surface area contributed by atoms with Gasteiger partial charge in [-0.25, -0.2) is 4.98 Å². The van der Waals surface area contributed by atoms with E-state index in [0.29, 0.717) is 37.1 Å². The number of phenols is 1. The molecule has 1 aliphatic carbocycles. The summed E-state index contributed by atoms with van der Waals surface area (Å²) in [6.07, 6.45) is 4.32. The molecule has 5 heteroatoms. The third-order valence-corrected chi connectivity index (χ3v) is 13.3. The van der Waals surface area contributed by atoms with Crippen molar-refractivity contribution in [1.29, 1.82) is 0 Å². The van der Waals surface area contributed by atoms with Crippen molar-refractivity contribution in [2.24, 2.45) is 0 Å². The Morgan fingerprint density at radius 2 is 1.10 bits per heavy atom. The molecule has 9 aromatic rings. The Bertz CT molecular complexity index is 3270. The van der Waals surface area contributed by atoms with Gasteiger partial charge in [0.15, 0.2) is 0 Å². The summed E-state index contributed by atoms with van der Waals surface area (Å²) in [7, 11) is 0. The minimum atomic E-state index is -0.810. The molecule has 1 saturated carbocycles. The van der Waals surface area contributed by atoms with Crippen molar-refractivity contribution in [3.8, 4) is 67.5 Å². The average molecular weight is 1060 g/mol. The first-order valence-electron chi connectivity index (χ1n) is 24.3. The van der Waals surface area contributed by atoms with Gasteiger partial charge in [-0.1, -0.05) is 174 Å². The van der Waals surface area contributed by atoms with Gasteiger partial charge < -0.3 is 5.11 Å². The molecule has 0 saturated heterocycles. The number of hydrogen-bond acceptors (Lipinski definition) is 3. The molecule has 338 valence electrons. The largest absolute Gasteiger partial charge is 0.507 e. The summed E-state index contributed by atoms with van der Waals surface area (Å²) in [5.74, 6) is -0.721. The summed E-state index contributed by atoms with van der Waals surface area (Å²) in [5.41, 5.74) is 14.4. The van der Waals surface area contributed by atoms with Crippen molar-refractivity contribution in [3.05, 3.63) is 204 Å². The summed E-state index contributed by atoms with van der Waals surface area (Å²) in [5, 5.41) is 12.5. The third-order valence-electron chi connectivity index (χ3n) is 13.3. The molecule has 1 fully saturated rings. The number of fused-ring (bicyclic) bond motifs is 1. The fraction of sp³-hybridized carbons (Fsp3) is 0.226. The zero-order valence-corrected chi connectivity index (χ0v) is 41.4. The molecule has 4 nitrogen and oxygen atoms in total. The molecule has 0 spiro atoms. The van der Waals surface area contributed by atoms with E-state index < -0.39 is 11.8 Å². The number of rotatable bonds is 8. The number of pyridine rings is 1. The molecule has 0 bridgehead atoms. The van der Waals surface area contributed by atoms with Crippen LogP contribution >= 0.6 is 0 Å². The third kappa shape index (κ3) is 9.34. The van der Waals surface area contributed by atoms with Crippen molar-refractivity contribution in [1.82, 2.24) is 14.5 Å². The Hall–Kier alpha value is -6.35. The number of aromatic nitrogens is 3. The van der Waals surface area contributed by atoms with Crippen molar-refractivity contribution in [2.45, 2.75) is 89.8 Å². The molecule has 0 aliphatic heterocycles. The molecule has 7 aromatic carbocycles. The van der Waals surface area contributed by atoms with E-state index in [2.05, 4.69) is 167 Å². The summed E-state index contributed by atoms with van der Waals surface area (Å²) in [6, 6.07) is 61.9. The molecule has 1 N–H and O–H groups in total. The summed E-state index contributed by atoms with van der Waals surface area (Å²) >= 11 is 0. The maximum absolute atomic E-state index is 12.5. The van der Waals surface area contributed by atoms with Gasteiger partial charge in [-0.2, -0.15) is 0 Å². The quantitative estimate of drug-likeness (QED) is 0.154. The summed E-state index contributed by atoms with van der Waals surface area (Å²) in [6.45, 7) is 13.3. The van der Waals surface area contributed by atoms with E-state index in [4.69, 9.17) is 9.97 Å². The van der Waals surface area contributed by atoms with E-state index in [1.165, 1.54) is 0 Å². The number of para-hydroxylation sites is 1. The second-order valence-electron chi connectivity index (χ2n) is 19.8. The first kappa shape index (κ1) is 43.2. The van der Waals surface area contributed by atoms with Crippen LogP contribution < -0.4 is 0 Å². The van der Waals surface area contributed by atoms with Crippen LogP contribution in [0.4, 0.5) is 0 Å². The maximum atomic E-state index is 12.5. The zero-order valence-electron chi connectivity index (χ0n) is 41.2. The maximum Gasteiger partial charge on any atom is 0.148 e. The van der Waals surface area contributed by atoms with Gasteiger partial charge in [-0.15, -0.1) is 29.3 Å². The van der Waals surface area contributed by atoms with Gasteiger partial charge in [0.25, 0.3) is 0 Å². The van der Waals surface area contributed by atoms with Gasteiger partial charge in [0, 0.05) is 46.9 Å². The molecule has 1 aliphatic rings. The second-order valence-corrected chi connectivity index (χ2v) is 19.8. The van der Waals surface area contributed by atoms with Gasteiger partial charge in [0.1, 0.15) is 11.6 Å². The Morgan fingerprint density at radius 1 is 0.552 bits per heavy atom. The minimum absolute atomic E-state index is 0. The van der Waals surface area contributed by atoms with Crippen LogP contribution in [0.25, 0.3) is 72.7 Å². The van der Waals surface area contributed by atoms with Crippen LogP contribution in [-0.4, -0.2) is 19.6 Å². The topological polar surface area (TPSA) is 50.9 Å². The van der Waals surface area contributed by atoms with Crippen LogP contribution in [0.5, 0.6) is 5.75 Å². The SMILES string of the molecule is [2H]C1(c2ccccc2)CCC([2H])(c2ccc(-n3c(-c4cc(C(C)(C)C)cc(-c5ccccc5)c4O)nc4c(-c5[c-]c(-c6cc(-c7ccccc7)ccn6)cc(C(C)(C)C)c5)cccc43)cc2)CC1.[Pt]. The van der Waals surface area contributed by atoms with E-state index >= 15 is 0 Å². The molecule has 67 heavy (non-hydrogen) atoms. The summed E-state index contributed by atoms with van der Waals surface area (Å²) < 4.78 is 21.3. The van der Waals surface area contributed by atoms with E-state index in [1.54, 1.807) is 0 Å². The predicted octanol–water partition coefficient (Wildman–Crippen LogP) is 16.3. The Balaban J connectivity index is 0.00000593. The van der Waals surface area contributed by atoms with Crippen LogP contribution in [0.2, 0.25) is 0 Å². The van der Waals surface area contributed by atoms with Gasteiger partial charge >= 0.3 is 0 Å². The molecule has 0 unspecified atom stereocenters. The molecular formula is C62H58N3OPt-. The van der Waals surface area contributed by atoms with Gasteiger partial charge in [-0.05, 0) is 118 Å². The van der Waals surface area contributed by atoms with Crippen molar-refractivity contribution in [3.63, 3.8) is 0 Å². The normalized spacial score (nSPS) is 17.9. The number of imidazole rings is 1. The minimum Gasteiger partial charge on any atom is -0.507 e. The Labute approximate surface area is 413 Å². The summed E-state index contributed by atoms with van der Waals surface area (Å²) in [4.78, 5) is 10.5. The van der Waals surface area contributed by atoms with Gasteiger partial charge in [-0.3, -0.25) is 9.55 Å². The first-order valence-corrected chi connectivity index (χ1v) is 23.3. The zero-order chi connectivity index (χ0) is 47.4. The molecule has 2 heterocycles. The van der Waals surface area contributed by atoms with E-state index in [1.807, 2.05) is 60.8 Å². The van der Waals surface area contributed by atoms with Crippen molar-refractivity contribution >= 4 is 11.0 Å². The van der Waals surface area contributed by atoms with Crippen LogP contribution in [0.15, 0.2) is 176 Å². The van der Waals surface area contributed by atoms with Crippen LogP contribution in [0.3, 0.4) is 0 Å². The molecular weight excluding hydrogens is 998 g/mol. The van der Waals surface area contributed by atoms with E-state index in [9.17, 15) is 7.85 Å². The molecule has 0 amide bonds. The molecule has 2 aromatic heterocycles. The smallest absolute Gasteiger partial charge is 0.148 e. The molecule has 0 atom stereocenters. The second kappa shape index (κ2) is 18.7. The fourth-order valence-corrected chi connectivity index (χ4v) is 9.46. The average Bonchev–Trinajstić information content (AvgIpc) is 3.75. The van der Waals surface area contributed by atoms with Crippen molar-refractivity contribution in [2.75, 3.05) is 0 Å². The first-order chi connectivity index (χ1) is 32.6. The Kier molecular flexibility index (Phi) is 12.1. The number of aromatic hydroxyl groups is 1. The van der Waals surface area contributed by atoms with E-state index in [0.717, 1.165) is 83.6 Å². The number of hydrogen-bond donors (Lipinski definition) is 1. The Morgan fingerprint density at radius 3 is 1.73 bits per heavy atom. The molecule has 0 radical (unpaired) electrons.